The highest BCUT2D eigenvalue weighted by atomic mass is 32.1. The van der Waals surface area contributed by atoms with E-state index >= 15 is 0 Å². The molecule has 2 aromatic heterocycles. The first kappa shape index (κ1) is 15.1. The van der Waals surface area contributed by atoms with Gasteiger partial charge in [-0.3, -0.25) is 0 Å². The molecule has 0 saturated carbocycles. The van der Waals surface area contributed by atoms with Crippen molar-refractivity contribution in [1.82, 2.24) is 5.16 Å². The summed E-state index contributed by atoms with van der Waals surface area (Å²) in [5.41, 5.74) is 4.23. The SMILES string of the molecule is c1ccc(-c2nocc2-c2sc(-c3ccccc3)c3ccccc23)cc1. The molecule has 5 rings (SSSR count). The van der Waals surface area contributed by atoms with Gasteiger partial charge in [-0.15, -0.1) is 11.3 Å². The van der Waals surface area contributed by atoms with Crippen molar-refractivity contribution in [1.29, 1.82) is 0 Å². The number of benzene rings is 3. The van der Waals surface area contributed by atoms with E-state index in [4.69, 9.17) is 4.52 Å². The maximum atomic E-state index is 5.38. The van der Waals surface area contributed by atoms with Gasteiger partial charge in [0.1, 0.15) is 12.0 Å². The van der Waals surface area contributed by atoms with E-state index in [-0.39, 0.29) is 0 Å². The summed E-state index contributed by atoms with van der Waals surface area (Å²) in [6.07, 6.45) is 1.76. The molecule has 0 aliphatic heterocycles. The van der Waals surface area contributed by atoms with Crippen molar-refractivity contribution in [3.63, 3.8) is 0 Å². The molecule has 0 saturated heterocycles. The predicted molar refractivity (Wildman–Crippen MR) is 108 cm³/mol. The fraction of sp³-hybridized carbons (Fsp3) is 0. The van der Waals surface area contributed by atoms with Gasteiger partial charge < -0.3 is 4.52 Å². The van der Waals surface area contributed by atoms with E-state index < -0.39 is 0 Å². The summed E-state index contributed by atoms with van der Waals surface area (Å²) in [7, 11) is 0. The van der Waals surface area contributed by atoms with Crippen LogP contribution >= 0.6 is 11.3 Å². The van der Waals surface area contributed by atoms with Crippen LogP contribution in [0.4, 0.5) is 0 Å². The molecule has 0 fully saturated rings. The summed E-state index contributed by atoms with van der Waals surface area (Å²) in [5, 5.41) is 6.78. The molecule has 0 atom stereocenters. The number of thiophene rings is 1. The third-order valence-electron chi connectivity index (χ3n) is 4.52. The lowest BCUT2D eigenvalue weighted by Gasteiger charge is -2.00. The Kier molecular flexibility index (Phi) is 3.65. The minimum Gasteiger partial charge on any atom is -0.363 e. The number of aromatic nitrogens is 1. The normalized spacial score (nSPS) is 11.1. The molecule has 5 aromatic rings. The van der Waals surface area contributed by atoms with Crippen LogP contribution in [0.1, 0.15) is 0 Å². The van der Waals surface area contributed by atoms with E-state index in [1.165, 1.54) is 26.1 Å². The molecule has 2 heterocycles. The Morgan fingerprint density at radius 3 is 1.88 bits per heavy atom. The average molecular weight is 353 g/mol. The second-order valence-electron chi connectivity index (χ2n) is 6.11. The number of nitrogens with zero attached hydrogens (tertiary/aromatic N) is 1. The molecule has 26 heavy (non-hydrogen) atoms. The van der Waals surface area contributed by atoms with Crippen LogP contribution in [0, 0.1) is 0 Å². The smallest absolute Gasteiger partial charge is 0.133 e. The van der Waals surface area contributed by atoms with Crippen LogP contribution in [0.25, 0.3) is 42.9 Å². The third-order valence-corrected chi connectivity index (χ3v) is 5.82. The van der Waals surface area contributed by atoms with Crippen molar-refractivity contribution in [3.05, 3.63) is 91.2 Å². The minimum absolute atomic E-state index is 0.886. The molecular weight excluding hydrogens is 338 g/mol. The molecule has 3 heteroatoms. The molecule has 0 spiro atoms. The Morgan fingerprint density at radius 2 is 1.19 bits per heavy atom. The summed E-state index contributed by atoms with van der Waals surface area (Å²) in [6.45, 7) is 0. The average Bonchev–Trinajstić information content (AvgIpc) is 3.34. The molecule has 2 nitrogen and oxygen atoms in total. The van der Waals surface area contributed by atoms with Crippen LogP contribution in [-0.4, -0.2) is 5.16 Å². The first-order valence-corrected chi connectivity index (χ1v) is 9.30. The Bertz CT molecular complexity index is 1170. The molecule has 0 amide bonds. The second-order valence-corrected chi connectivity index (χ2v) is 7.14. The first-order chi connectivity index (χ1) is 12.9. The van der Waals surface area contributed by atoms with Gasteiger partial charge in [-0.1, -0.05) is 90.1 Å². The van der Waals surface area contributed by atoms with Crippen molar-refractivity contribution >= 4 is 22.1 Å². The van der Waals surface area contributed by atoms with Gasteiger partial charge in [-0.25, -0.2) is 0 Å². The topological polar surface area (TPSA) is 26.0 Å². The van der Waals surface area contributed by atoms with Crippen LogP contribution < -0.4 is 0 Å². The van der Waals surface area contributed by atoms with Gasteiger partial charge in [-0.05, 0) is 5.56 Å². The summed E-state index contributed by atoms with van der Waals surface area (Å²) in [6, 6.07) is 29.3. The number of fused-ring (bicyclic) bond motifs is 1. The van der Waals surface area contributed by atoms with Crippen molar-refractivity contribution < 1.29 is 4.52 Å². The Balaban J connectivity index is 1.76. The van der Waals surface area contributed by atoms with E-state index in [0.29, 0.717) is 0 Å². The molecule has 0 bridgehead atoms. The van der Waals surface area contributed by atoms with Crippen LogP contribution in [-0.2, 0) is 0 Å². The fourth-order valence-electron chi connectivity index (χ4n) is 3.30. The molecule has 0 unspecified atom stereocenters. The van der Waals surface area contributed by atoms with Crippen LogP contribution in [0.3, 0.4) is 0 Å². The van der Waals surface area contributed by atoms with E-state index in [2.05, 4.69) is 65.8 Å². The van der Waals surface area contributed by atoms with Crippen molar-refractivity contribution in [2.75, 3.05) is 0 Å². The molecule has 0 radical (unpaired) electrons. The molecule has 3 aromatic carbocycles. The molecule has 0 aliphatic carbocycles. The van der Waals surface area contributed by atoms with E-state index in [1.54, 1.807) is 17.6 Å². The van der Waals surface area contributed by atoms with Crippen molar-refractivity contribution in [2.45, 2.75) is 0 Å². The standard InChI is InChI=1S/C23H15NOS/c1-3-9-16(10-4-1)21-20(15-25-24-21)23-19-14-8-7-13-18(19)22(26-23)17-11-5-2-6-12-17/h1-15H. The highest BCUT2D eigenvalue weighted by Gasteiger charge is 2.19. The highest BCUT2D eigenvalue weighted by molar-refractivity contribution is 7.21. The van der Waals surface area contributed by atoms with Crippen molar-refractivity contribution in [3.8, 4) is 32.1 Å². The van der Waals surface area contributed by atoms with Gasteiger partial charge in [0.15, 0.2) is 0 Å². The van der Waals surface area contributed by atoms with E-state index in [9.17, 15) is 0 Å². The monoisotopic (exact) mass is 353 g/mol. The largest absolute Gasteiger partial charge is 0.363 e. The fourth-order valence-corrected chi connectivity index (χ4v) is 4.59. The summed E-state index contributed by atoms with van der Waals surface area (Å²) >= 11 is 1.79. The van der Waals surface area contributed by atoms with E-state index in [0.717, 1.165) is 16.8 Å². The molecule has 124 valence electrons. The quantitative estimate of drug-likeness (QED) is 0.353. The molecular formula is C23H15NOS. The van der Waals surface area contributed by atoms with Gasteiger partial charge in [0.05, 0.1) is 5.56 Å². The van der Waals surface area contributed by atoms with Gasteiger partial charge in [0.2, 0.25) is 0 Å². The summed E-state index contributed by atoms with van der Waals surface area (Å²) < 4.78 is 5.38. The first-order valence-electron chi connectivity index (χ1n) is 8.49. The summed E-state index contributed by atoms with van der Waals surface area (Å²) in [4.78, 5) is 2.47. The minimum atomic E-state index is 0.886. The highest BCUT2D eigenvalue weighted by Crippen LogP contribution is 2.46. The van der Waals surface area contributed by atoms with Gasteiger partial charge in [-0.2, -0.15) is 0 Å². The Labute approximate surface area is 155 Å². The van der Waals surface area contributed by atoms with Gasteiger partial charge in [0.25, 0.3) is 0 Å². The Morgan fingerprint density at radius 1 is 0.615 bits per heavy atom. The van der Waals surface area contributed by atoms with Crippen LogP contribution in [0.15, 0.2) is 95.7 Å². The Hall–Kier alpha value is -3.17. The maximum Gasteiger partial charge on any atom is 0.133 e. The van der Waals surface area contributed by atoms with Crippen molar-refractivity contribution in [2.24, 2.45) is 0 Å². The zero-order valence-electron chi connectivity index (χ0n) is 13.9. The number of rotatable bonds is 3. The zero-order valence-corrected chi connectivity index (χ0v) is 14.7. The van der Waals surface area contributed by atoms with Crippen LogP contribution in [0.2, 0.25) is 0 Å². The molecule has 0 aliphatic rings. The van der Waals surface area contributed by atoms with Gasteiger partial charge >= 0.3 is 0 Å². The summed E-state index contributed by atoms with van der Waals surface area (Å²) in [5.74, 6) is 0. The van der Waals surface area contributed by atoms with Gasteiger partial charge in [0, 0.05) is 26.1 Å². The third kappa shape index (κ3) is 2.45. The lowest BCUT2D eigenvalue weighted by atomic mass is 10.0. The zero-order chi connectivity index (χ0) is 17.3. The second kappa shape index (κ2) is 6.28. The van der Waals surface area contributed by atoms with E-state index in [1.807, 2.05) is 24.3 Å². The lowest BCUT2D eigenvalue weighted by molar-refractivity contribution is 0.422. The number of hydrogen-bond donors (Lipinski definition) is 0. The lowest BCUT2D eigenvalue weighted by Crippen LogP contribution is -1.80. The molecule has 0 N–H and O–H groups in total. The number of hydrogen-bond acceptors (Lipinski definition) is 3. The maximum absolute atomic E-state index is 5.38. The predicted octanol–water partition coefficient (Wildman–Crippen LogP) is 6.89. The van der Waals surface area contributed by atoms with Crippen LogP contribution in [0.5, 0.6) is 0 Å².